The van der Waals surface area contributed by atoms with Crippen LogP contribution in [0, 0.1) is 0 Å². The highest BCUT2D eigenvalue weighted by molar-refractivity contribution is 4.60. The van der Waals surface area contributed by atoms with Gasteiger partial charge < -0.3 is 18.9 Å². The molecule has 162 valence electrons. The summed E-state index contributed by atoms with van der Waals surface area (Å²) >= 11 is 0. The van der Waals surface area contributed by atoms with Gasteiger partial charge in [0, 0.05) is 39.3 Å². The van der Waals surface area contributed by atoms with Crippen LogP contribution in [0.4, 0.5) is 0 Å². The lowest BCUT2D eigenvalue weighted by atomic mass is 10.2. The van der Waals surface area contributed by atoms with Crippen LogP contribution in [0.15, 0.2) is 0 Å². The Morgan fingerprint density at radius 2 is 1.15 bits per heavy atom. The molecule has 0 radical (unpaired) electrons. The Kier molecular flexibility index (Phi) is 17.5. The van der Waals surface area contributed by atoms with Crippen molar-refractivity contribution in [2.75, 3.05) is 92.1 Å². The topological polar surface area (TPSA) is 43.4 Å². The first-order valence-electron chi connectivity index (χ1n) is 11.1. The number of unbranched alkanes of at least 4 members (excludes halogenated alkanes) is 3. The van der Waals surface area contributed by atoms with E-state index in [9.17, 15) is 0 Å². The van der Waals surface area contributed by atoms with Crippen molar-refractivity contribution < 1.29 is 18.9 Å². The van der Waals surface area contributed by atoms with Crippen molar-refractivity contribution in [3.63, 3.8) is 0 Å². The minimum atomic E-state index is 0.673. The molecule has 0 saturated carbocycles. The molecule has 0 aromatic carbocycles. The van der Waals surface area contributed by atoms with E-state index >= 15 is 0 Å². The van der Waals surface area contributed by atoms with Crippen molar-refractivity contribution in [2.45, 2.75) is 46.0 Å². The molecule has 1 rings (SSSR count). The maximum absolute atomic E-state index is 5.88. The van der Waals surface area contributed by atoms with Gasteiger partial charge in [0.15, 0.2) is 0 Å². The van der Waals surface area contributed by atoms with E-state index in [-0.39, 0.29) is 0 Å². The zero-order chi connectivity index (χ0) is 19.4. The molecule has 0 aliphatic carbocycles. The second kappa shape index (κ2) is 19.1. The van der Waals surface area contributed by atoms with E-state index in [1.165, 1.54) is 25.7 Å². The summed E-state index contributed by atoms with van der Waals surface area (Å²) in [6.45, 7) is 16.4. The quantitative estimate of drug-likeness (QED) is 0.536. The van der Waals surface area contributed by atoms with Gasteiger partial charge in [-0.1, -0.05) is 33.1 Å². The molecule has 0 unspecified atom stereocenters. The Bertz CT molecular complexity index is 308. The smallest absolute Gasteiger partial charge is 0.0701 e. The van der Waals surface area contributed by atoms with Crippen molar-refractivity contribution in [2.24, 2.45) is 0 Å². The third-order valence-corrected chi connectivity index (χ3v) is 4.81. The highest BCUT2D eigenvalue weighted by atomic mass is 16.5. The summed E-state index contributed by atoms with van der Waals surface area (Å²) < 4.78 is 23.1. The van der Waals surface area contributed by atoms with E-state index in [0.29, 0.717) is 13.2 Å². The number of rotatable bonds is 10. The minimum absolute atomic E-state index is 0.673. The number of hydrogen-bond donors (Lipinski definition) is 0. The Morgan fingerprint density at radius 3 is 1.70 bits per heavy atom. The van der Waals surface area contributed by atoms with Gasteiger partial charge in [0.2, 0.25) is 0 Å². The van der Waals surface area contributed by atoms with Gasteiger partial charge >= 0.3 is 0 Å². The van der Waals surface area contributed by atoms with Crippen molar-refractivity contribution in [1.29, 1.82) is 0 Å². The third-order valence-electron chi connectivity index (χ3n) is 4.81. The van der Waals surface area contributed by atoms with E-state index in [0.717, 1.165) is 85.3 Å². The number of hydrogen-bond acceptors (Lipinski definition) is 6. The highest BCUT2D eigenvalue weighted by Crippen LogP contribution is 1.99. The van der Waals surface area contributed by atoms with Crippen molar-refractivity contribution >= 4 is 0 Å². The fourth-order valence-electron chi connectivity index (χ4n) is 3.11. The SMILES string of the molecule is CCCCCCOCCN1CCOCCOCCN(CCC)CCOCC1. The Morgan fingerprint density at radius 1 is 0.593 bits per heavy atom. The van der Waals surface area contributed by atoms with Crippen LogP contribution < -0.4 is 0 Å². The van der Waals surface area contributed by atoms with Crippen LogP contribution >= 0.6 is 0 Å². The van der Waals surface area contributed by atoms with E-state index in [1.807, 2.05) is 0 Å². The molecule has 1 aliphatic rings. The van der Waals surface area contributed by atoms with Crippen molar-refractivity contribution in [1.82, 2.24) is 9.80 Å². The first-order chi connectivity index (χ1) is 13.4. The van der Waals surface area contributed by atoms with Crippen molar-refractivity contribution in [3.8, 4) is 0 Å². The minimum Gasteiger partial charge on any atom is -0.380 e. The van der Waals surface area contributed by atoms with Crippen molar-refractivity contribution in [3.05, 3.63) is 0 Å². The summed E-state index contributed by atoms with van der Waals surface area (Å²) in [5.74, 6) is 0. The second-order valence-corrected chi connectivity index (χ2v) is 7.19. The Hall–Kier alpha value is -0.240. The molecule has 0 amide bonds. The molecule has 6 heteroatoms. The summed E-state index contributed by atoms with van der Waals surface area (Å²) in [5, 5.41) is 0. The Balaban J connectivity index is 2.24. The molecule has 1 aliphatic heterocycles. The van der Waals surface area contributed by atoms with Gasteiger partial charge in [0.1, 0.15) is 0 Å². The average molecular weight is 389 g/mol. The molecule has 0 atom stereocenters. The lowest BCUT2D eigenvalue weighted by molar-refractivity contribution is 0.0280. The van der Waals surface area contributed by atoms with Gasteiger partial charge in [-0.25, -0.2) is 0 Å². The zero-order valence-corrected chi connectivity index (χ0v) is 18.0. The van der Waals surface area contributed by atoms with Crippen LogP contribution in [-0.2, 0) is 18.9 Å². The molecule has 0 bridgehead atoms. The summed E-state index contributed by atoms with van der Waals surface area (Å²) in [7, 11) is 0. The molecule has 0 aromatic heterocycles. The normalized spacial score (nSPS) is 20.2. The fraction of sp³-hybridized carbons (Fsp3) is 1.00. The molecule has 0 spiro atoms. The van der Waals surface area contributed by atoms with E-state index in [4.69, 9.17) is 18.9 Å². The standard InChI is InChI=1S/C21H44N2O4/c1-3-5-6-7-14-24-15-11-23-12-17-25-16-9-22(8-4-2)10-18-26-20-21-27-19-13-23/h3-21H2,1-2H3. The maximum atomic E-state index is 5.88. The predicted molar refractivity (Wildman–Crippen MR) is 111 cm³/mol. The van der Waals surface area contributed by atoms with Gasteiger partial charge in [0.25, 0.3) is 0 Å². The maximum Gasteiger partial charge on any atom is 0.0701 e. The van der Waals surface area contributed by atoms with Gasteiger partial charge in [-0.15, -0.1) is 0 Å². The first kappa shape index (κ1) is 24.8. The second-order valence-electron chi connectivity index (χ2n) is 7.19. The molecule has 27 heavy (non-hydrogen) atoms. The average Bonchev–Trinajstić information content (AvgIpc) is 2.68. The van der Waals surface area contributed by atoms with Crippen LogP contribution in [0.1, 0.15) is 46.0 Å². The van der Waals surface area contributed by atoms with E-state index in [2.05, 4.69) is 23.6 Å². The van der Waals surface area contributed by atoms with E-state index < -0.39 is 0 Å². The largest absolute Gasteiger partial charge is 0.380 e. The van der Waals surface area contributed by atoms with Crippen LogP contribution in [-0.4, -0.2) is 102 Å². The third kappa shape index (κ3) is 15.4. The van der Waals surface area contributed by atoms with Gasteiger partial charge in [0.05, 0.1) is 46.2 Å². The summed E-state index contributed by atoms with van der Waals surface area (Å²) in [4.78, 5) is 4.81. The molecule has 1 heterocycles. The van der Waals surface area contributed by atoms with Gasteiger partial charge in [-0.2, -0.15) is 0 Å². The molecule has 0 aromatic rings. The predicted octanol–water partition coefficient (Wildman–Crippen LogP) is 2.66. The highest BCUT2D eigenvalue weighted by Gasteiger charge is 2.08. The zero-order valence-electron chi connectivity index (χ0n) is 18.0. The monoisotopic (exact) mass is 388 g/mol. The molecule has 0 N–H and O–H groups in total. The summed E-state index contributed by atoms with van der Waals surface area (Å²) in [6, 6.07) is 0. The summed E-state index contributed by atoms with van der Waals surface area (Å²) in [5.41, 5.74) is 0. The Labute approximate surface area is 167 Å². The van der Waals surface area contributed by atoms with Crippen LogP contribution in [0.25, 0.3) is 0 Å². The first-order valence-corrected chi connectivity index (χ1v) is 11.1. The van der Waals surface area contributed by atoms with Gasteiger partial charge in [-0.3, -0.25) is 9.80 Å². The lowest BCUT2D eigenvalue weighted by Gasteiger charge is -2.23. The fourth-order valence-corrected chi connectivity index (χ4v) is 3.11. The molecular formula is C21H44N2O4. The van der Waals surface area contributed by atoms with Crippen LogP contribution in [0.3, 0.4) is 0 Å². The van der Waals surface area contributed by atoms with Crippen LogP contribution in [0.2, 0.25) is 0 Å². The molecule has 1 saturated heterocycles. The number of nitrogens with zero attached hydrogens (tertiary/aromatic N) is 2. The molecule has 1 fully saturated rings. The van der Waals surface area contributed by atoms with Gasteiger partial charge in [-0.05, 0) is 19.4 Å². The molecular weight excluding hydrogens is 344 g/mol. The summed E-state index contributed by atoms with van der Waals surface area (Å²) in [6.07, 6.45) is 6.20. The lowest BCUT2D eigenvalue weighted by Crippen LogP contribution is -2.35. The van der Waals surface area contributed by atoms with Crippen LogP contribution in [0.5, 0.6) is 0 Å². The molecule has 6 nitrogen and oxygen atoms in total. The number of ether oxygens (including phenoxy) is 4. The van der Waals surface area contributed by atoms with E-state index in [1.54, 1.807) is 0 Å².